The molecular formula is C6H12N2O2Te2. The van der Waals surface area contributed by atoms with Gasteiger partial charge in [0, 0.05) is 0 Å². The molecule has 0 aliphatic rings. The molecule has 6 heteroatoms. The Morgan fingerprint density at radius 3 is 1.25 bits per heavy atom. The van der Waals surface area contributed by atoms with E-state index in [1.54, 1.807) is 38.0 Å². The third kappa shape index (κ3) is 5.22. The van der Waals surface area contributed by atoms with Gasteiger partial charge in [-0.25, -0.2) is 0 Å². The van der Waals surface area contributed by atoms with Gasteiger partial charge >= 0.3 is 89.6 Å². The minimum atomic E-state index is -0.699. The van der Waals surface area contributed by atoms with Gasteiger partial charge in [-0.3, -0.25) is 0 Å². The molecule has 0 bridgehead atoms. The average Bonchev–Trinajstić information content (AvgIpc) is 1.98. The van der Waals surface area contributed by atoms with E-state index in [0.29, 0.717) is 0 Å². The van der Waals surface area contributed by atoms with Crippen LogP contribution >= 0.6 is 0 Å². The van der Waals surface area contributed by atoms with Gasteiger partial charge in [-0.2, -0.15) is 0 Å². The summed E-state index contributed by atoms with van der Waals surface area (Å²) in [6.45, 7) is 0. The molecule has 0 spiro atoms. The standard InChI is InChI=1S/C6H12N2O2Te2/c1-7(2)5(9)11-12-6(10)8(3)4/h1-4H3. The Bertz CT molecular complexity index is 162. The van der Waals surface area contributed by atoms with Crippen LogP contribution in [0.3, 0.4) is 0 Å². The van der Waals surface area contributed by atoms with Crippen molar-refractivity contribution in [2.24, 2.45) is 0 Å². The van der Waals surface area contributed by atoms with Gasteiger partial charge in [0.15, 0.2) is 0 Å². The van der Waals surface area contributed by atoms with Gasteiger partial charge in [-0.1, -0.05) is 0 Å². The fourth-order valence-electron chi connectivity index (χ4n) is 0.220. The van der Waals surface area contributed by atoms with Gasteiger partial charge in [0.05, 0.1) is 0 Å². The van der Waals surface area contributed by atoms with E-state index in [9.17, 15) is 9.59 Å². The fourth-order valence-corrected chi connectivity index (χ4v) is 9.92. The quantitative estimate of drug-likeness (QED) is 0.610. The second kappa shape index (κ2) is 6.05. The van der Waals surface area contributed by atoms with Gasteiger partial charge in [-0.15, -0.1) is 0 Å². The number of hydrogen-bond donors (Lipinski definition) is 0. The van der Waals surface area contributed by atoms with E-state index in [1.807, 2.05) is 0 Å². The predicted octanol–water partition coefficient (Wildman–Crippen LogP) is -0.327. The molecule has 0 atom stereocenters. The normalized spacial score (nSPS) is 9.33. The van der Waals surface area contributed by atoms with Crippen LogP contribution < -0.4 is 0 Å². The van der Waals surface area contributed by atoms with E-state index in [4.69, 9.17) is 0 Å². The summed E-state index contributed by atoms with van der Waals surface area (Å²) in [6.07, 6.45) is 0. The van der Waals surface area contributed by atoms with E-state index < -0.39 is 34.1 Å². The van der Waals surface area contributed by atoms with Gasteiger partial charge in [0.25, 0.3) is 0 Å². The topological polar surface area (TPSA) is 40.6 Å². The van der Waals surface area contributed by atoms with Crippen LogP contribution in [0, 0.1) is 0 Å². The van der Waals surface area contributed by atoms with Crippen molar-refractivity contribution >= 4 is 42.0 Å². The Balaban J connectivity index is 3.69. The minimum absolute atomic E-state index is 0.179. The molecule has 0 aliphatic heterocycles. The molecule has 70 valence electrons. The first-order chi connectivity index (χ1) is 5.45. The number of carbonyl (C=O) groups is 2. The number of nitrogens with zero attached hydrogens (tertiary/aromatic N) is 2. The number of carbonyl (C=O) groups excluding carboxylic acids is 2. The molecule has 0 rings (SSSR count). The van der Waals surface area contributed by atoms with Gasteiger partial charge in [-0.05, 0) is 0 Å². The average molecular weight is 399 g/mol. The molecule has 0 N–H and O–H groups in total. The van der Waals surface area contributed by atoms with Crippen molar-refractivity contribution < 1.29 is 9.59 Å². The van der Waals surface area contributed by atoms with Crippen LogP contribution in [-0.4, -0.2) is 80.0 Å². The Kier molecular flexibility index (Phi) is 6.31. The second-order valence-electron chi connectivity index (χ2n) is 2.49. The number of hydrogen-bond acceptors (Lipinski definition) is 2. The Hall–Kier alpha value is 0.519. The Morgan fingerprint density at radius 1 is 0.833 bits per heavy atom. The van der Waals surface area contributed by atoms with E-state index >= 15 is 0 Å². The van der Waals surface area contributed by atoms with Gasteiger partial charge in [0.1, 0.15) is 0 Å². The van der Waals surface area contributed by atoms with Crippen LogP contribution in [-0.2, 0) is 0 Å². The van der Waals surface area contributed by atoms with Gasteiger partial charge < -0.3 is 0 Å². The first-order valence-electron chi connectivity index (χ1n) is 3.22. The molecule has 0 heterocycles. The summed E-state index contributed by atoms with van der Waals surface area (Å²) in [4.78, 5) is 25.4. The van der Waals surface area contributed by atoms with Crippen LogP contribution in [0.4, 0.5) is 9.59 Å². The van der Waals surface area contributed by atoms with Crippen molar-refractivity contribution in [3.8, 4) is 0 Å². The summed E-state index contributed by atoms with van der Waals surface area (Å²) in [6, 6.07) is 0. The Morgan fingerprint density at radius 2 is 1.08 bits per heavy atom. The maximum atomic E-state index is 11.1. The van der Waals surface area contributed by atoms with Crippen molar-refractivity contribution in [1.82, 2.24) is 9.80 Å². The third-order valence-corrected chi connectivity index (χ3v) is 11.1. The third-order valence-electron chi connectivity index (χ3n) is 0.915. The molecule has 0 radical (unpaired) electrons. The summed E-state index contributed by atoms with van der Waals surface area (Å²) < 4.78 is 0.357. The molecule has 0 saturated heterocycles. The zero-order valence-corrected chi connectivity index (χ0v) is 12.2. The molecule has 0 aliphatic carbocycles. The second-order valence-corrected chi connectivity index (χ2v) is 11.8. The van der Waals surface area contributed by atoms with E-state index in [0.717, 1.165) is 0 Å². The van der Waals surface area contributed by atoms with Crippen LogP contribution in [0.2, 0.25) is 0 Å². The molecule has 0 aromatic rings. The zero-order valence-electron chi connectivity index (χ0n) is 7.53. The number of rotatable bonds is 3. The van der Waals surface area contributed by atoms with Crippen molar-refractivity contribution in [1.29, 1.82) is 0 Å². The first kappa shape index (κ1) is 12.5. The summed E-state index contributed by atoms with van der Waals surface area (Å²) >= 11 is -1.40. The fraction of sp³-hybridized carbons (Fsp3) is 0.667. The van der Waals surface area contributed by atoms with Crippen molar-refractivity contribution in [2.45, 2.75) is 0 Å². The molecule has 0 fully saturated rings. The molecule has 12 heavy (non-hydrogen) atoms. The molecule has 4 nitrogen and oxygen atoms in total. The number of amides is 2. The van der Waals surface area contributed by atoms with E-state index in [1.165, 1.54) is 0 Å². The van der Waals surface area contributed by atoms with Crippen LogP contribution in [0.5, 0.6) is 0 Å². The van der Waals surface area contributed by atoms with E-state index in [-0.39, 0.29) is 7.91 Å². The molecule has 0 aromatic heterocycles. The SMILES string of the molecule is CN(C)C(=O)[Te][Te]C(=O)N(C)C. The van der Waals surface area contributed by atoms with Gasteiger partial charge in [0.2, 0.25) is 0 Å². The van der Waals surface area contributed by atoms with Crippen LogP contribution in [0.1, 0.15) is 0 Å². The predicted molar refractivity (Wildman–Crippen MR) is 49.7 cm³/mol. The van der Waals surface area contributed by atoms with Crippen LogP contribution in [0.15, 0.2) is 0 Å². The summed E-state index contributed by atoms with van der Waals surface area (Å²) in [5.74, 6) is 0. The summed E-state index contributed by atoms with van der Waals surface area (Å²) in [5.41, 5.74) is 0. The molecule has 2 amide bonds. The van der Waals surface area contributed by atoms with Crippen LogP contribution in [0.25, 0.3) is 0 Å². The summed E-state index contributed by atoms with van der Waals surface area (Å²) in [5, 5.41) is 0. The van der Waals surface area contributed by atoms with E-state index in [2.05, 4.69) is 0 Å². The monoisotopic (exact) mass is 404 g/mol. The molecular weight excluding hydrogens is 387 g/mol. The Labute approximate surface area is 89.0 Å². The maximum absolute atomic E-state index is 11.1. The zero-order chi connectivity index (χ0) is 9.72. The summed E-state index contributed by atoms with van der Waals surface area (Å²) in [7, 11) is 6.95. The van der Waals surface area contributed by atoms with Crippen molar-refractivity contribution in [3.05, 3.63) is 0 Å². The van der Waals surface area contributed by atoms with Crippen molar-refractivity contribution in [2.75, 3.05) is 28.2 Å². The molecule has 0 saturated carbocycles. The molecule has 0 aromatic carbocycles. The first-order valence-corrected chi connectivity index (χ1v) is 12.9. The molecule has 0 unspecified atom stereocenters. The van der Waals surface area contributed by atoms with Crippen molar-refractivity contribution in [3.63, 3.8) is 0 Å².